The van der Waals surface area contributed by atoms with Crippen molar-refractivity contribution >= 4 is 22.6 Å². The van der Waals surface area contributed by atoms with Gasteiger partial charge in [-0.25, -0.2) is 4.98 Å². The summed E-state index contributed by atoms with van der Waals surface area (Å²) in [4.78, 5) is 4.74. The minimum Gasteiger partial charge on any atom is -0.327 e. The van der Waals surface area contributed by atoms with Crippen LogP contribution >= 0.6 is 11.6 Å². The molecule has 2 aromatic carbocycles. The second kappa shape index (κ2) is 4.71. The van der Waals surface area contributed by atoms with Gasteiger partial charge in [0, 0.05) is 17.6 Å². The van der Waals surface area contributed by atoms with Gasteiger partial charge in [0.2, 0.25) is 0 Å². The van der Waals surface area contributed by atoms with Crippen LogP contribution in [0.1, 0.15) is 12.5 Å². The van der Waals surface area contributed by atoms with Crippen LogP contribution in [0, 0.1) is 0 Å². The molecule has 3 aromatic rings. The SMILES string of the molecule is CCc1ccc2c(c1)nc(-c1ccc(Cl)cc1)n2C. The molecule has 19 heavy (non-hydrogen) atoms. The Morgan fingerprint density at radius 3 is 2.53 bits per heavy atom. The maximum Gasteiger partial charge on any atom is 0.140 e. The first-order chi connectivity index (χ1) is 9.19. The molecule has 0 N–H and O–H groups in total. The fourth-order valence-electron chi connectivity index (χ4n) is 2.32. The first-order valence-corrected chi connectivity index (χ1v) is 6.78. The normalized spacial score (nSPS) is 11.1. The first kappa shape index (κ1) is 12.2. The van der Waals surface area contributed by atoms with Gasteiger partial charge in [-0.1, -0.05) is 24.6 Å². The molecule has 0 fully saturated rings. The molecule has 0 aliphatic heterocycles. The lowest BCUT2D eigenvalue weighted by molar-refractivity contribution is 0.959. The van der Waals surface area contributed by atoms with Crippen LogP contribution in [0.25, 0.3) is 22.4 Å². The van der Waals surface area contributed by atoms with E-state index in [0.717, 1.165) is 33.9 Å². The predicted molar refractivity (Wildman–Crippen MR) is 80.5 cm³/mol. The van der Waals surface area contributed by atoms with E-state index in [2.05, 4.69) is 29.7 Å². The quantitative estimate of drug-likeness (QED) is 0.672. The van der Waals surface area contributed by atoms with E-state index in [0.29, 0.717) is 0 Å². The van der Waals surface area contributed by atoms with Crippen LogP contribution < -0.4 is 0 Å². The number of imidazole rings is 1. The fourth-order valence-corrected chi connectivity index (χ4v) is 2.45. The molecule has 96 valence electrons. The van der Waals surface area contributed by atoms with E-state index in [1.165, 1.54) is 5.56 Å². The van der Waals surface area contributed by atoms with E-state index in [1.54, 1.807) is 0 Å². The topological polar surface area (TPSA) is 17.8 Å². The summed E-state index contributed by atoms with van der Waals surface area (Å²) in [6.07, 6.45) is 1.03. The van der Waals surface area contributed by atoms with E-state index in [1.807, 2.05) is 31.3 Å². The summed E-state index contributed by atoms with van der Waals surface area (Å²) >= 11 is 5.93. The summed E-state index contributed by atoms with van der Waals surface area (Å²) in [6, 6.07) is 14.3. The number of fused-ring (bicyclic) bond motifs is 1. The number of benzene rings is 2. The van der Waals surface area contributed by atoms with E-state index in [-0.39, 0.29) is 0 Å². The number of rotatable bonds is 2. The zero-order chi connectivity index (χ0) is 13.4. The van der Waals surface area contributed by atoms with E-state index < -0.39 is 0 Å². The maximum absolute atomic E-state index is 5.93. The monoisotopic (exact) mass is 270 g/mol. The molecule has 0 atom stereocenters. The van der Waals surface area contributed by atoms with Crippen LogP contribution in [-0.4, -0.2) is 9.55 Å². The van der Waals surface area contributed by atoms with Crippen molar-refractivity contribution in [3.63, 3.8) is 0 Å². The summed E-state index contributed by atoms with van der Waals surface area (Å²) in [5, 5.41) is 0.746. The molecule has 0 radical (unpaired) electrons. The zero-order valence-electron chi connectivity index (χ0n) is 11.0. The molecule has 3 heteroatoms. The lowest BCUT2D eigenvalue weighted by Crippen LogP contribution is -1.92. The van der Waals surface area contributed by atoms with Crippen molar-refractivity contribution in [2.45, 2.75) is 13.3 Å². The van der Waals surface area contributed by atoms with Gasteiger partial charge < -0.3 is 4.57 Å². The zero-order valence-corrected chi connectivity index (χ0v) is 11.8. The Kier molecular flexibility index (Phi) is 3.03. The summed E-state index contributed by atoms with van der Waals surface area (Å²) in [5.41, 5.74) is 4.60. The Bertz CT molecular complexity index is 726. The molecule has 0 aliphatic carbocycles. The van der Waals surface area contributed by atoms with E-state index in [9.17, 15) is 0 Å². The predicted octanol–water partition coefficient (Wildman–Crippen LogP) is 4.46. The highest BCUT2D eigenvalue weighted by atomic mass is 35.5. The average molecular weight is 271 g/mol. The standard InChI is InChI=1S/C16H15ClN2/c1-3-11-4-9-15-14(10-11)18-16(19(15)2)12-5-7-13(17)8-6-12/h4-10H,3H2,1-2H3. The Hall–Kier alpha value is -1.80. The van der Waals surface area contributed by atoms with Gasteiger partial charge >= 0.3 is 0 Å². The van der Waals surface area contributed by atoms with Gasteiger partial charge in [0.1, 0.15) is 5.82 Å². The van der Waals surface area contributed by atoms with Crippen LogP contribution in [0.3, 0.4) is 0 Å². The van der Waals surface area contributed by atoms with Crippen LogP contribution in [0.2, 0.25) is 5.02 Å². The highest BCUT2D eigenvalue weighted by Crippen LogP contribution is 2.25. The van der Waals surface area contributed by atoms with Crippen molar-refractivity contribution < 1.29 is 0 Å². The van der Waals surface area contributed by atoms with Gasteiger partial charge in [0.05, 0.1) is 11.0 Å². The largest absolute Gasteiger partial charge is 0.327 e. The molecule has 1 aromatic heterocycles. The number of aryl methyl sites for hydroxylation is 2. The third-order valence-corrected chi connectivity index (χ3v) is 3.71. The van der Waals surface area contributed by atoms with Gasteiger partial charge in [-0.2, -0.15) is 0 Å². The second-order valence-electron chi connectivity index (χ2n) is 4.68. The molecule has 3 rings (SSSR count). The van der Waals surface area contributed by atoms with Crippen molar-refractivity contribution in [2.75, 3.05) is 0 Å². The lowest BCUT2D eigenvalue weighted by atomic mass is 10.1. The number of hydrogen-bond donors (Lipinski definition) is 0. The number of halogens is 1. The number of hydrogen-bond acceptors (Lipinski definition) is 1. The van der Waals surface area contributed by atoms with Crippen LogP contribution in [0.15, 0.2) is 42.5 Å². The van der Waals surface area contributed by atoms with Crippen molar-refractivity contribution in [1.29, 1.82) is 0 Å². The van der Waals surface area contributed by atoms with Crippen LogP contribution in [0.5, 0.6) is 0 Å². The highest BCUT2D eigenvalue weighted by Gasteiger charge is 2.09. The average Bonchev–Trinajstić information content (AvgIpc) is 2.76. The van der Waals surface area contributed by atoms with Gasteiger partial charge in [-0.05, 0) is 48.4 Å². The summed E-state index contributed by atoms with van der Waals surface area (Å²) in [5.74, 6) is 0.972. The van der Waals surface area contributed by atoms with Gasteiger partial charge in [-0.3, -0.25) is 0 Å². The van der Waals surface area contributed by atoms with E-state index in [4.69, 9.17) is 16.6 Å². The summed E-state index contributed by atoms with van der Waals surface area (Å²) < 4.78 is 2.12. The van der Waals surface area contributed by atoms with Gasteiger partial charge in [-0.15, -0.1) is 0 Å². The van der Waals surface area contributed by atoms with Crippen molar-refractivity contribution in [3.8, 4) is 11.4 Å². The lowest BCUT2D eigenvalue weighted by Gasteiger charge is -2.02. The number of nitrogens with zero attached hydrogens (tertiary/aromatic N) is 2. The highest BCUT2D eigenvalue weighted by molar-refractivity contribution is 6.30. The molecule has 1 heterocycles. The number of aromatic nitrogens is 2. The van der Waals surface area contributed by atoms with Crippen LogP contribution in [0.4, 0.5) is 0 Å². The van der Waals surface area contributed by atoms with Gasteiger partial charge in [0.15, 0.2) is 0 Å². The molecule has 0 spiro atoms. The van der Waals surface area contributed by atoms with Crippen molar-refractivity contribution in [2.24, 2.45) is 7.05 Å². The first-order valence-electron chi connectivity index (χ1n) is 6.40. The molecule has 0 aliphatic rings. The molecule has 0 bridgehead atoms. The van der Waals surface area contributed by atoms with Crippen molar-refractivity contribution in [3.05, 3.63) is 53.1 Å². The second-order valence-corrected chi connectivity index (χ2v) is 5.11. The molecule has 2 nitrogen and oxygen atoms in total. The van der Waals surface area contributed by atoms with Crippen molar-refractivity contribution in [1.82, 2.24) is 9.55 Å². The molecular weight excluding hydrogens is 256 g/mol. The van der Waals surface area contributed by atoms with Gasteiger partial charge in [0.25, 0.3) is 0 Å². The molecule has 0 amide bonds. The van der Waals surface area contributed by atoms with E-state index >= 15 is 0 Å². The minimum absolute atomic E-state index is 0.746. The Balaban J connectivity index is 2.19. The summed E-state index contributed by atoms with van der Waals surface area (Å²) in [7, 11) is 2.05. The van der Waals surface area contributed by atoms with Crippen LogP contribution in [-0.2, 0) is 13.5 Å². The molecule has 0 saturated heterocycles. The Labute approximate surface area is 117 Å². The fraction of sp³-hybridized carbons (Fsp3) is 0.188. The Morgan fingerprint density at radius 1 is 1.11 bits per heavy atom. The molecular formula is C16H15ClN2. The molecule has 0 saturated carbocycles. The third-order valence-electron chi connectivity index (χ3n) is 3.46. The third kappa shape index (κ3) is 2.13. The Morgan fingerprint density at radius 2 is 1.84 bits per heavy atom. The smallest absolute Gasteiger partial charge is 0.140 e. The minimum atomic E-state index is 0.746. The maximum atomic E-state index is 5.93. The summed E-state index contributed by atoms with van der Waals surface area (Å²) in [6.45, 7) is 2.16. The molecule has 0 unspecified atom stereocenters.